The fourth-order valence-corrected chi connectivity index (χ4v) is 2.99. The number of nitrogens with one attached hydrogen (secondary N) is 1. The van der Waals surface area contributed by atoms with E-state index in [1.165, 1.54) is 12.1 Å². The average molecular weight is 300 g/mol. The van der Waals surface area contributed by atoms with Crippen LogP contribution in [0.1, 0.15) is 31.2 Å². The Kier molecular flexibility index (Phi) is 5.38. The number of rotatable bonds is 5. The first-order valence-electron chi connectivity index (χ1n) is 6.93. The molecule has 5 heteroatoms. The number of aliphatic carboxylic acids is 1. The molecule has 1 saturated carbocycles. The second kappa shape index (κ2) is 7.04. The van der Waals surface area contributed by atoms with Crippen molar-refractivity contribution < 1.29 is 14.3 Å². The van der Waals surface area contributed by atoms with E-state index in [1.54, 1.807) is 6.07 Å². The van der Waals surface area contributed by atoms with Gasteiger partial charge in [0, 0.05) is 11.6 Å². The van der Waals surface area contributed by atoms with Crippen molar-refractivity contribution in [3.05, 3.63) is 34.6 Å². The molecule has 0 unspecified atom stereocenters. The number of hydrogen-bond acceptors (Lipinski definition) is 2. The summed E-state index contributed by atoms with van der Waals surface area (Å²) in [5, 5.41) is 12.6. The minimum atomic E-state index is -0.675. The van der Waals surface area contributed by atoms with Gasteiger partial charge in [-0.15, -0.1) is 0 Å². The molecule has 0 aromatic heterocycles. The van der Waals surface area contributed by atoms with Crippen LogP contribution in [0, 0.1) is 17.7 Å². The first kappa shape index (κ1) is 15.3. The van der Waals surface area contributed by atoms with Crippen molar-refractivity contribution in [2.24, 2.45) is 11.8 Å². The largest absolute Gasteiger partial charge is 0.481 e. The van der Waals surface area contributed by atoms with E-state index in [2.05, 4.69) is 5.32 Å². The van der Waals surface area contributed by atoms with Crippen molar-refractivity contribution in [1.82, 2.24) is 5.32 Å². The molecular weight excluding hydrogens is 281 g/mol. The van der Waals surface area contributed by atoms with Crippen molar-refractivity contribution in [3.63, 3.8) is 0 Å². The number of benzene rings is 1. The van der Waals surface area contributed by atoms with Crippen LogP contribution in [0.5, 0.6) is 0 Å². The monoisotopic (exact) mass is 299 g/mol. The molecule has 1 aromatic carbocycles. The van der Waals surface area contributed by atoms with Gasteiger partial charge in [-0.2, -0.15) is 0 Å². The van der Waals surface area contributed by atoms with Crippen molar-refractivity contribution in [2.75, 3.05) is 6.54 Å². The van der Waals surface area contributed by atoms with Crippen LogP contribution in [0.2, 0.25) is 5.02 Å². The Hall–Kier alpha value is -1.13. The van der Waals surface area contributed by atoms with Gasteiger partial charge in [-0.05, 0) is 61.9 Å². The Morgan fingerprint density at radius 1 is 1.30 bits per heavy atom. The molecule has 1 aliphatic rings. The van der Waals surface area contributed by atoms with E-state index in [0.29, 0.717) is 17.5 Å². The molecule has 0 radical (unpaired) electrons. The van der Waals surface area contributed by atoms with Crippen LogP contribution in [0.4, 0.5) is 4.39 Å². The van der Waals surface area contributed by atoms with E-state index in [1.807, 2.05) is 0 Å². The SMILES string of the molecule is O=C(O)C1CCC(CNCc2cc(F)cc(Cl)c2)CC1. The number of carboxylic acid groups (broad SMARTS) is 1. The molecule has 0 heterocycles. The number of carbonyl (C=O) groups is 1. The molecule has 1 aliphatic carbocycles. The smallest absolute Gasteiger partial charge is 0.306 e. The van der Waals surface area contributed by atoms with Gasteiger partial charge in [0.15, 0.2) is 0 Å². The fraction of sp³-hybridized carbons (Fsp3) is 0.533. The summed E-state index contributed by atoms with van der Waals surface area (Å²) in [5.74, 6) is -0.662. The van der Waals surface area contributed by atoms with Crippen LogP contribution in [-0.2, 0) is 11.3 Å². The van der Waals surface area contributed by atoms with Crippen LogP contribution >= 0.6 is 11.6 Å². The molecule has 0 aliphatic heterocycles. The quantitative estimate of drug-likeness (QED) is 0.875. The minimum absolute atomic E-state index is 0.173. The predicted molar refractivity (Wildman–Crippen MR) is 76.2 cm³/mol. The predicted octanol–water partition coefficient (Wildman–Crippen LogP) is 3.46. The van der Waals surface area contributed by atoms with Gasteiger partial charge in [0.25, 0.3) is 0 Å². The van der Waals surface area contributed by atoms with Crippen molar-refractivity contribution in [3.8, 4) is 0 Å². The lowest BCUT2D eigenvalue weighted by atomic mass is 9.82. The first-order valence-corrected chi connectivity index (χ1v) is 7.31. The zero-order chi connectivity index (χ0) is 14.5. The normalized spacial score (nSPS) is 22.7. The number of carboxylic acids is 1. The maximum atomic E-state index is 13.2. The summed E-state index contributed by atoms with van der Waals surface area (Å²) in [6.07, 6.45) is 3.39. The van der Waals surface area contributed by atoms with Crippen LogP contribution in [0.25, 0.3) is 0 Å². The molecule has 1 fully saturated rings. The van der Waals surface area contributed by atoms with E-state index >= 15 is 0 Å². The Morgan fingerprint density at radius 2 is 2.00 bits per heavy atom. The highest BCUT2D eigenvalue weighted by atomic mass is 35.5. The highest BCUT2D eigenvalue weighted by molar-refractivity contribution is 6.30. The van der Waals surface area contributed by atoms with Crippen LogP contribution in [0.15, 0.2) is 18.2 Å². The minimum Gasteiger partial charge on any atom is -0.481 e. The van der Waals surface area contributed by atoms with Gasteiger partial charge in [-0.1, -0.05) is 11.6 Å². The summed E-state index contributed by atoms with van der Waals surface area (Å²) >= 11 is 5.80. The lowest BCUT2D eigenvalue weighted by Gasteiger charge is -2.26. The zero-order valence-corrected chi connectivity index (χ0v) is 12.0. The Balaban J connectivity index is 1.73. The van der Waals surface area contributed by atoms with Crippen molar-refractivity contribution in [2.45, 2.75) is 32.2 Å². The van der Waals surface area contributed by atoms with E-state index in [9.17, 15) is 9.18 Å². The second-order valence-electron chi connectivity index (χ2n) is 5.46. The highest BCUT2D eigenvalue weighted by Crippen LogP contribution is 2.28. The standard InChI is InChI=1S/C15H19ClFNO2/c16-13-5-11(6-14(17)7-13)9-18-8-10-1-3-12(4-2-10)15(19)20/h5-7,10,12,18H,1-4,8-9H2,(H,19,20). The third-order valence-electron chi connectivity index (χ3n) is 3.88. The molecule has 3 nitrogen and oxygen atoms in total. The third-order valence-corrected chi connectivity index (χ3v) is 4.10. The third kappa shape index (κ3) is 4.46. The summed E-state index contributed by atoms with van der Waals surface area (Å²) in [6.45, 7) is 1.41. The molecule has 1 aromatic rings. The maximum absolute atomic E-state index is 13.2. The summed E-state index contributed by atoms with van der Waals surface area (Å²) in [4.78, 5) is 10.9. The molecule has 0 bridgehead atoms. The summed E-state index contributed by atoms with van der Waals surface area (Å²) in [7, 11) is 0. The Bertz CT molecular complexity index is 453. The summed E-state index contributed by atoms with van der Waals surface area (Å²) in [5.41, 5.74) is 0.828. The van der Waals surface area contributed by atoms with Gasteiger partial charge in [0.1, 0.15) is 5.82 Å². The lowest BCUT2D eigenvalue weighted by Crippen LogP contribution is -2.28. The average Bonchev–Trinajstić information content (AvgIpc) is 2.38. The van der Waals surface area contributed by atoms with Gasteiger partial charge >= 0.3 is 5.97 Å². The molecule has 0 saturated heterocycles. The van der Waals surface area contributed by atoms with Crippen LogP contribution in [-0.4, -0.2) is 17.6 Å². The lowest BCUT2D eigenvalue weighted by molar-refractivity contribution is -0.143. The molecule has 2 rings (SSSR count). The first-order chi connectivity index (χ1) is 9.54. The topological polar surface area (TPSA) is 49.3 Å². The summed E-state index contributed by atoms with van der Waals surface area (Å²) < 4.78 is 13.2. The van der Waals surface area contributed by atoms with E-state index in [0.717, 1.165) is 37.8 Å². The summed E-state index contributed by atoms with van der Waals surface area (Å²) in [6, 6.07) is 4.51. The van der Waals surface area contributed by atoms with Gasteiger partial charge in [0.05, 0.1) is 5.92 Å². The van der Waals surface area contributed by atoms with Crippen molar-refractivity contribution in [1.29, 1.82) is 0 Å². The van der Waals surface area contributed by atoms with Gasteiger partial charge < -0.3 is 10.4 Å². The molecule has 2 N–H and O–H groups in total. The molecule has 0 atom stereocenters. The van der Waals surface area contributed by atoms with Crippen LogP contribution in [0.3, 0.4) is 0 Å². The molecule has 20 heavy (non-hydrogen) atoms. The molecule has 0 spiro atoms. The number of hydrogen-bond donors (Lipinski definition) is 2. The Morgan fingerprint density at radius 3 is 2.60 bits per heavy atom. The van der Waals surface area contributed by atoms with Gasteiger partial charge in [-0.3, -0.25) is 4.79 Å². The van der Waals surface area contributed by atoms with Gasteiger partial charge in [-0.25, -0.2) is 4.39 Å². The fourth-order valence-electron chi connectivity index (χ4n) is 2.75. The van der Waals surface area contributed by atoms with E-state index in [-0.39, 0.29) is 11.7 Å². The molecule has 110 valence electrons. The highest BCUT2D eigenvalue weighted by Gasteiger charge is 2.25. The van der Waals surface area contributed by atoms with E-state index in [4.69, 9.17) is 16.7 Å². The maximum Gasteiger partial charge on any atom is 0.306 e. The second-order valence-corrected chi connectivity index (χ2v) is 5.90. The van der Waals surface area contributed by atoms with E-state index < -0.39 is 5.97 Å². The number of halogens is 2. The van der Waals surface area contributed by atoms with Crippen LogP contribution < -0.4 is 5.32 Å². The molecular formula is C15H19ClFNO2. The zero-order valence-electron chi connectivity index (χ0n) is 11.2. The molecule has 0 amide bonds. The Labute approximate surface area is 123 Å². The van der Waals surface area contributed by atoms with Crippen molar-refractivity contribution >= 4 is 17.6 Å². The van der Waals surface area contributed by atoms with Gasteiger partial charge in [0.2, 0.25) is 0 Å².